The standard InChI is InChI=1S/C17H24N6O/c1-3-21-10-4-6-13(21)14-7-5-11-22(14)16(24)15-19-17-18-9-8-12(2)23(17)20-15/h8-9,13-14H,3-7,10-11H2,1-2H3/t13-,14+/m0/s1. The summed E-state index contributed by atoms with van der Waals surface area (Å²) in [5.41, 5.74) is 0.928. The van der Waals surface area contributed by atoms with Gasteiger partial charge in [-0.1, -0.05) is 6.92 Å². The van der Waals surface area contributed by atoms with Gasteiger partial charge in [0.2, 0.25) is 5.82 Å². The van der Waals surface area contributed by atoms with Crippen LogP contribution < -0.4 is 0 Å². The minimum atomic E-state index is -0.0506. The van der Waals surface area contributed by atoms with Crippen molar-refractivity contribution in [1.29, 1.82) is 0 Å². The van der Waals surface area contributed by atoms with Crippen LogP contribution in [-0.2, 0) is 0 Å². The van der Waals surface area contributed by atoms with E-state index in [1.807, 2.05) is 17.9 Å². The lowest BCUT2D eigenvalue weighted by Crippen LogP contribution is -2.48. The van der Waals surface area contributed by atoms with E-state index in [9.17, 15) is 4.79 Å². The van der Waals surface area contributed by atoms with E-state index in [2.05, 4.69) is 26.9 Å². The molecule has 2 aromatic heterocycles. The van der Waals surface area contributed by atoms with E-state index in [1.165, 1.54) is 12.8 Å². The molecular formula is C17H24N6O. The third-order valence-electron chi connectivity index (χ3n) is 5.45. The number of fused-ring (bicyclic) bond motifs is 1. The van der Waals surface area contributed by atoms with E-state index in [1.54, 1.807) is 10.7 Å². The molecule has 0 N–H and O–H groups in total. The first kappa shape index (κ1) is 15.5. The van der Waals surface area contributed by atoms with E-state index in [0.29, 0.717) is 17.9 Å². The molecule has 2 aliphatic rings. The zero-order valence-electron chi connectivity index (χ0n) is 14.4. The van der Waals surface area contributed by atoms with Crippen molar-refractivity contribution in [3.63, 3.8) is 0 Å². The maximum atomic E-state index is 13.0. The van der Waals surface area contributed by atoms with Crippen LogP contribution >= 0.6 is 0 Å². The third-order valence-corrected chi connectivity index (χ3v) is 5.45. The molecule has 0 saturated carbocycles. The Morgan fingerprint density at radius 1 is 1.25 bits per heavy atom. The molecular weight excluding hydrogens is 304 g/mol. The molecule has 4 rings (SSSR count). The Morgan fingerprint density at radius 2 is 2.04 bits per heavy atom. The maximum absolute atomic E-state index is 13.0. The Hall–Kier alpha value is -2.02. The van der Waals surface area contributed by atoms with Gasteiger partial charge < -0.3 is 4.90 Å². The second kappa shape index (κ2) is 6.12. The molecule has 4 heterocycles. The molecule has 128 valence electrons. The fraction of sp³-hybridized carbons (Fsp3) is 0.647. The minimum Gasteiger partial charge on any atom is -0.331 e. The van der Waals surface area contributed by atoms with E-state index >= 15 is 0 Å². The molecule has 2 aromatic rings. The largest absolute Gasteiger partial charge is 0.331 e. The van der Waals surface area contributed by atoms with Crippen LogP contribution in [0.15, 0.2) is 12.3 Å². The third kappa shape index (κ3) is 2.47. The highest BCUT2D eigenvalue weighted by atomic mass is 16.2. The van der Waals surface area contributed by atoms with Crippen LogP contribution in [0.4, 0.5) is 0 Å². The molecule has 0 aromatic carbocycles. The van der Waals surface area contributed by atoms with Crippen molar-refractivity contribution in [3.05, 3.63) is 23.8 Å². The Bertz CT molecular complexity index is 757. The first-order valence-corrected chi connectivity index (χ1v) is 8.92. The van der Waals surface area contributed by atoms with E-state index in [4.69, 9.17) is 0 Å². The molecule has 0 unspecified atom stereocenters. The average Bonchev–Trinajstić information content (AvgIpc) is 3.31. The molecule has 0 bridgehead atoms. The number of amides is 1. The van der Waals surface area contributed by atoms with Crippen LogP contribution in [0.1, 0.15) is 48.9 Å². The lowest BCUT2D eigenvalue weighted by molar-refractivity contribution is 0.0638. The smallest absolute Gasteiger partial charge is 0.293 e. The summed E-state index contributed by atoms with van der Waals surface area (Å²) in [5.74, 6) is 0.709. The first-order valence-electron chi connectivity index (χ1n) is 8.92. The van der Waals surface area contributed by atoms with Gasteiger partial charge in [0.15, 0.2) is 0 Å². The molecule has 24 heavy (non-hydrogen) atoms. The Balaban J connectivity index is 1.61. The summed E-state index contributed by atoms with van der Waals surface area (Å²) in [5, 5.41) is 4.40. The second-order valence-corrected chi connectivity index (χ2v) is 6.78. The highest BCUT2D eigenvalue weighted by Crippen LogP contribution is 2.30. The minimum absolute atomic E-state index is 0.0506. The quantitative estimate of drug-likeness (QED) is 0.855. The fourth-order valence-electron chi connectivity index (χ4n) is 4.25. The van der Waals surface area contributed by atoms with E-state index in [0.717, 1.165) is 38.2 Å². The van der Waals surface area contributed by atoms with E-state index < -0.39 is 0 Å². The topological polar surface area (TPSA) is 66.6 Å². The van der Waals surface area contributed by atoms with Gasteiger partial charge in [-0.3, -0.25) is 9.69 Å². The number of likely N-dealkylation sites (tertiary alicyclic amines) is 2. The molecule has 0 spiro atoms. The van der Waals surface area contributed by atoms with Crippen molar-refractivity contribution in [1.82, 2.24) is 29.4 Å². The molecule has 1 amide bonds. The van der Waals surface area contributed by atoms with Gasteiger partial charge in [0, 0.05) is 30.5 Å². The van der Waals surface area contributed by atoms with Crippen molar-refractivity contribution in [2.75, 3.05) is 19.6 Å². The molecule has 0 aliphatic carbocycles. The van der Waals surface area contributed by atoms with Crippen LogP contribution in [0.3, 0.4) is 0 Å². The van der Waals surface area contributed by atoms with Gasteiger partial charge in [-0.05, 0) is 51.8 Å². The number of carbonyl (C=O) groups is 1. The predicted molar refractivity (Wildman–Crippen MR) is 89.8 cm³/mol. The Kier molecular flexibility index (Phi) is 3.96. The lowest BCUT2D eigenvalue weighted by atomic mass is 10.0. The van der Waals surface area contributed by atoms with Gasteiger partial charge in [-0.25, -0.2) is 9.50 Å². The number of likely N-dealkylation sites (N-methyl/N-ethyl adjacent to an activating group) is 1. The number of aryl methyl sites for hydroxylation is 1. The van der Waals surface area contributed by atoms with Crippen molar-refractivity contribution >= 4 is 11.7 Å². The average molecular weight is 328 g/mol. The van der Waals surface area contributed by atoms with Crippen molar-refractivity contribution in [2.24, 2.45) is 0 Å². The zero-order chi connectivity index (χ0) is 16.7. The van der Waals surface area contributed by atoms with Crippen LogP contribution in [-0.4, -0.2) is 67.0 Å². The molecule has 2 aliphatic heterocycles. The molecule has 2 saturated heterocycles. The van der Waals surface area contributed by atoms with Gasteiger partial charge in [-0.15, -0.1) is 5.10 Å². The Morgan fingerprint density at radius 3 is 2.83 bits per heavy atom. The van der Waals surface area contributed by atoms with Crippen LogP contribution in [0.25, 0.3) is 5.78 Å². The summed E-state index contributed by atoms with van der Waals surface area (Å²) in [4.78, 5) is 26.1. The number of carbonyl (C=O) groups excluding carboxylic acids is 1. The number of rotatable bonds is 3. The maximum Gasteiger partial charge on any atom is 0.293 e. The molecule has 7 nitrogen and oxygen atoms in total. The number of hydrogen-bond acceptors (Lipinski definition) is 5. The highest BCUT2D eigenvalue weighted by Gasteiger charge is 2.40. The van der Waals surface area contributed by atoms with Gasteiger partial charge in [0.1, 0.15) is 0 Å². The number of aromatic nitrogens is 4. The molecule has 0 radical (unpaired) electrons. The summed E-state index contributed by atoms with van der Waals surface area (Å²) >= 11 is 0. The molecule has 7 heteroatoms. The summed E-state index contributed by atoms with van der Waals surface area (Å²) < 4.78 is 1.65. The van der Waals surface area contributed by atoms with Gasteiger partial charge >= 0.3 is 0 Å². The number of nitrogens with zero attached hydrogens (tertiary/aromatic N) is 6. The Labute approximate surface area is 141 Å². The van der Waals surface area contributed by atoms with Crippen LogP contribution in [0.2, 0.25) is 0 Å². The summed E-state index contributed by atoms with van der Waals surface area (Å²) in [7, 11) is 0. The van der Waals surface area contributed by atoms with Gasteiger partial charge in [0.25, 0.3) is 11.7 Å². The summed E-state index contributed by atoms with van der Waals surface area (Å²) in [6.07, 6.45) is 6.25. The molecule has 2 fully saturated rings. The summed E-state index contributed by atoms with van der Waals surface area (Å²) in [6, 6.07) is 2.64. The van der Waals surface area contributed by atoms with Gasteiger partial charge in [-0.2, -0.15) is 4.98 Å². The fourth-order valence-corrected chi connectivity index (χ4v) is 4.25. The van der Waals surface area contributed by atoms with Crippen LogP contribution in [0.5, 0.6) is 0 Å². The van der Waals surface area contributed by atoms with Crippen molar-refractivity contribution < 1.29 is 4.79 Å². The van der Waals surface area contributed by atoms with Crippen molar-refractivity contribution in [2.45, 2.75) is 51.6 Å². The van der Waals surface area contributed by atoms with Crippen LogP contribution in [0, 0.1) is 6.92 Å². The second-order valence-electron chi connectivity index (χ2n) is 6.78. The predicted octanol–water partition coefficient (Wildman–Crippen LogP) is 1.52. The zero-order valence-corrected chi connectivity index (χ0v) is 14.4. The monoisotopic (exact) mass is 328 g/mol. The SMILES string of the molecule is CCN1CCC[C@H]1[C@H]1CCCN1C(=O)c1nc2nccc(C)n2n1. The lowest BCUT2D eigenvalue weighted by Gasteiger charge is -2.34. The normalized spacial score (nSPS) is 25.0. The van der Waals surface area contributed by atoms with E-state index in [-0.39, 0.29) is 11.7 Å². The highest BCUT2D eigenvalue weighted by molar-refractivity contribution is 5.91. The summed E-state index contributed by atoms with van der Waals surface area (Å²) in [6.45, 7) is 7.15. The molecule has 2 atom stereocenters. The van der Waals surface area contributed by atoms with Gasteiger partial charge in [0.05, 0.1) is 0 Å². The number of hydrogen-bond donors (Lipinski definition) is 0. The van der Waals surface area contributed by atoms with Crippen molar-refractivity contribution in [3.8, 4) is 0 Å². The first-order chi connectivity index (χ1) is 11.7.